The molecule has 2 N–H and O–H groups in total. The second-order valence-electron chi connectivity index (χ2n) is 5.96. The maximum atomic E-state index is 12.1. The molecule has 1 saturated carbocycles. The minimum atomic E-state index is 0. The number of nitrogens with zero attached hydrogens (tertiary/aromatic N) is 1. The van der Waals surface area contributed by atoms with E-state index in [1.165, 1.54) is 0 Å². The standard InChI is InChI=1S/C12H24N2O.ClH/c1-12(2,3)8-14(4)11(15)9-6-5-7-10(9)13;/h9-10H,5-8,13H2,1-4H3;1H. The molecule has 0 heterocycles. The number of carbonyl (C=O) groups is 1. The van der Waals surface area contributed by atoms with E-state index in [0.717, 1.165) is 25.8 Å². The number of amides is 1. The predicted molar refractivity (Wildman–Crippen MR) is 69.7 cm³/mol. The van der Waals surface area contributed by atoms with Crippen molar-refractivity contribution < 1.29 is 4.79 Å². The van der Waals surface area contributed by atoms with Crippen molar-refractivity contribution in [1.82, 2.24) is 4.90 Å². The molecule has 0 spiro atoms. The summed E-state index contributed by atoms with van der Waals surface area (Å²) in [6.07, 6.45) is 3.06. The lowest BCUT2D eigenvalue weighted by atomic mass is 9.95. The number of hydrogen-bond acceptors (Lipinski definition) is 2. The molecule has 3 nitrogen and oxygen atoms in total. The summed E-state index contributed by atoms with van der Waals surface area (Å²) in [5.74, 6) is 0.298. The van der Waals surface area contributed by atoms with E-state index in [2.05, 4.69) is 20.8 Å². The molecular formula is C12H25ClN2O. The first-order valence-corrected chi connectivity index (χ1v) is 5.82. The molecule has 0 radical (unpaired) electrons. The third-order valence-electron chi connectivity index (χ3n) is 2.97. The Hall–Kier alpha value is -0.280. The Balaban J connectivity index is 0.00000225. The highest BCUT2D eigenvalue weighted by Crippen LogP contribution is 2.26. The smallest absolute Gasteiger partial charge is 0.227 e. The van der Waals surface area contributed by atoms with E-state index in [1.54, 1.807) is 0 Å². The van der Waals surface area contributed by atoms with Crippen LogP contribution in [0.4, 0.5) is 0 Å². The zero-order chi connectivity index (χ0) is 11.6. The van der Waals surface area contributed by atoms with E-state index in [0.29, 0.717) is 0 Å². The van der Waals surface area contributed by atoms with Crippen molar-refractivity contribution in [1.29, 1.82) is 0 Å². The molecule has 2 atom stereocenters. The van der Waals surface area contributed by atoms with Gasteiger partial charge in [0.25, 0.3) is 0 Å². The SMILES string of the molecule is CN(CC(C)(C)C)C(=O)C1CCCC1N.Cl. The third-order valence-corrected chi connectivity index (χ3v) is 2.97. The van der Waals surface area contributed by atoms with Gasteiger partial charge >= 0.3 is 0 Å². The van der Waals surface area contributed by atoms with Crippen molar-refractivity contribution in [3.8, 4) is 0 Å². The number of halogens is 1. The first-order chi connectivity index (χ1) is 6.81. The van der Waals surface area contributed by atoms with Crippen molar-refractivity contribution in [3.05, 3.63) is 0 Å². The summed E-state index contributed by atoms with van der Waals surface area (Å²) in [5.41, 5.74) is 6.09. The van der Waals surface area contributed by atoms with Gasteiger partial charge < -0.3 is 10.6 Å². The van der Waals surface area contributed by atoms with Crippen LogP contribution in [0.2, 0.25) is 0 Å². The zero-order valence-electron chi connectivity index (χ0n) is 10.8. The zero-order valence-corrected chi connectivity index (χ0v) is 11.6. The first-order valence-electron chi connectivity index (χ1n) is 5.82. The van der Waals surface area contributed by atoms with Crippen LogP contribution in [0.5, 0.6) is 0 Å². The van der Waals surface area contributed by atoms with E-state index in [1.807, 2.05) is 11.9 Å². The number of hydrogen-bond donors (Lipinski definition) is 1. The molecule has 1 fully saturated rings. The van der Waals surface area contributed by atoms with Crippen LogP contribution in [0.15, 0.2) is 0 Å². The molecule has 0 aromatic carbocycles. The first kappa shape index (κ1) is 15.7. The van der Waals surface area contributed by atoms with Gasteiger partial charge in [0.05, 0.1) is 5.92 Å². The highest BCUT2D eigenvalue weighted by Gasteiger charge is 2.33. The summed E-state index contributed by atoms with van der Waals surface area (Å²) >= 11 is 0. The van der Waals surface area contributed by atoms with Gasteiger partial charge in [-0.25, -0.2) is 0 Å². The van der Waals surface area contributed by atoms with E-state index in [4.69, 9.17) is 5.73 Å². The number of nitrogens with two attached hydrogens (primary N) is 1. The highest BCUT2D eigenvalue weighted by molar-refractivity contribution is 5.85. The summed E-state index contributed by atoms with van der Waals surface area (Å²) in [7, 11) is 1.89. The molecule has 2 unspecified atom stereocenters. The maximum Gasteiger partial charge on any atom is 0.227 e. The molecule has 16 heavy (non-hydrogen) atoms. The van der Waals surface area contributed by atoms with Crippen LogP contribution in [-0.2, 0) is 4.79 Å². The topological polar surface area (TPSA) is 46.3 Å². The molecule has 1 amide bonds. The van der Waals surface area contributed by atoms with Gasteiger partial charge in [-0.15, -0.1) is 12.4 Å². The summed E-state index contributed by atoms with van der Waals surface area (Å²) < 4.78 is 0. The quantitative estimate of drug-likeness (QED) is 0.813. The lowest BCUT2D eigenvalue weighted by Gasteiger charge is -2.29. The fourth-order valence-corrected chi connectivity index (χ4v) is 2.37. The Morgan fingerprint density at radius 2 is 1.94 bits per heavy atom. The Morgan fingerprint density at radius 1 is 1.38 bits per heavy atom. The van der Waals surface area contributed by atoms with Crippen molar-refractivity contribution in [2.45, 2.75) is 46.1 Å². The van der Waals surface area contributed by atoms with Crippen molar-refractivity contribution in [2.24, 2.45) is 17.1 Å². The molecule has 1 rings (SSSR count). The monoisotopic (exact) mass is 248 g/mol. The minimum Gasteiger partial charge on any atom is -0.345 e. The van der Waals surface area contributed by atoms with Crippen LogP contribution in [0.3, 0.4) is 0 Å². The van der Waals surface area contributed by atoms with Crippen LogP contribution >= 0.6 is 12.4 Å². The molecule has 0 aromatic heterocycles. The molecule has 1 aliphatic carbocycles. The van der Waals surface area contributed by atoms with Gasteiger partial charge in [-0.2, -0.15) is 0 Å². The van der Waals surface area contributed by atoms with Crippen LogP contribution < -0.4 is 5.73 Å². The third kappa shape index (κ3) is 4.30. The summed E-state index contributed by atoms with van der Waals surface area (Å²) in [6, 6.07) is 0.0833. The average molecular weight is 249 g/mol. The van der Waals surface area contributed by atoms with Gasteiger partial charge in [0.1, 0.15) is 0 Å². The van der Waals surface area contributed by atoms with Crippen LogP contribution in [0.25, 0.3) is 0 Å². The Labute approximate surface area is 105 Å². The van der Waals surface area contributed by atoms with Gasteiger partial charge in [-0.3, -0.25) is 4.79 Å². The van der Waals surface area contributed by atoms with E-state index < -0.39 is 0 Å². The highest BCUT2D eigenvalue weighted by atomic mass is 35.5. The predicted octanol–water partition coefficient (Wildman–Crippen LogP) is 2.04. The van der Waals surface area contributed by atoms with Gasteiger partial charge in [0.2, 0.25) is 5.91 Å². The Bertz CT molecular complexity index is 238. The Kier molecular flexibility index (Phi) is 5.77. The molecule has 0 aromatic rings. The maximum absolute atomic E-state index is 12.1. The lowest BCUT2D eigenvalue weighted by molar-refractivity contribution is -0.135. The van der Waals surface area contributed by atoms with Crippen LogP contribution in [0.1, 0.15) is 40.0 Å². The minimum absolute atomic E-state index is 0. The van der Waals surface area contributed by atoms with Crippen molar-refractivity contribution in [2.75, 3.05) is 13.6 Å². The van der Waals surface area contributed by atoms with Gasteiger partial charge in [-0.05, 0) is 18.3 Å². The second kappa shape index (κ2) is 5.87. The van der Waals surface area contributed by atoms with Crippen molar-refractivity contribution >= 4 is 18.3 Å². The molecule has 0 saturated heterocycles. The summed E-state index contributed by atoms with van der Waals surface area (Å²) in [4.78, 5) is 13.9. The normalized spacial score (nSPS) is 25.1. The van der Waals surface area contributed by atoms with E-state index in [9.17, 15) is 4.79 Å². The molecule has 96 valence electrons. The number of carbonyl (C=O) groups excluding carboxylic acids is 1. The number of rotatable bonds is 2. The summed E-state index contributed by atoms with van der Waals surface area (Å²) in [5, 5.41) is 0. The van der Waals surface area contributed by atoms with Gasteiger partial charge in [0, 0.05) is 19.6 Å². The molecule has 0 bridgehead atoms. The molecule has 1 aliphatic rings. The molecule has 0 aliphatic heterocycles. The molecule has 4 heteroatoms. The van der Waals surface area contributed by atoms with Crippen LogP contribution in [0, 0.1) is 11.3 Å². The largest absolute Gasteiger partial charge is 0.345 e. The van der Waals surface area contributed by atoms with Gasteiger partial charge in [0.15, 0.2) is 0 Å². The second-order valence-corrected chi connectivity index (χ2v) is 5.96. The van der Waals surface area contributed by atoms with E-state index >= 15 is 0 Å². The van der Waals surface area contributed by atoms with Crippen LogP contribution in [-0.4, -0.2) is 30.4 Å². The fourth-order valence-electron chi connectivity index (χ4n) is 2.37. The Morgan fingerprint density at radius 3 is 2.31 bits per heavy atom. The lowest BCUT2D eigenvalue weighted by Crippen LogP contribution is -2.42. The summed E-state index contributed by atoms with van der Waals surface area (Å²) in [6.45, 7) is 7.23. The molecular weight excluding hydrogens is 224 g/mol. The average Bonchev–Trinajstić information content (AvgIpc) is 2.47. The van der Waals surface area contributed by atoms with E-state index in [-0.39, 0.29) is 35.7 Å². The van der Waals surface area contributed by atoms with Gasteiger partial charge in [-0.1, -0.05) is 27.2 Å². The fraction of sp³-hybridized carbons (Fsp3) is 0.917. The van der Waals surface area contributed by atoms with Crippen molar-refractivity contribution in [3.63, 3.8) is 0 Å².